The van der Waals surface area contributed by atoms with Crippen LogP contribution in [0, 0.1) is 0 Å². The normalized spacial score (nSPS) is 12.3. The number of nitrogens with zero attached hydrogens (tertiary/aromatic N) is 3. The van der Waals surface area contributed by atoms with Crippen LogP contribution in [0.25, 0.3) is 21.6 Å². The second-order valence-corrected chi connectivity index (χ2v) is 9.07. The predicted octanol–water partition coefficient (Wildman–Crippen LogP) is 6.22. The smallest absolute Gasteiger partial charge is 0.192 e. The first-order chi connectivity index (χ1) is 15.3. The van der Waals surface area contributed by atoms with Crippen molar-refractivity contribution in [3.8, 4) is 10.7 Å². The third kappa shape index (κ3) is 3.71. The Morgan fingerprint density at radius 1 is 1.06 bits per heavy atom. The van der Waals surface area contributed by atoms with Crippen LogP contribution in [-0.4, -0.2) is 25.5 Å². The van der Waals surface area contributed by atoms with Crippen molar-refractivity contribution in [3.05, 3.63) is 89.4 Å². The first kappa shape index (κ1) is 19.8. The van der Waals surface area contributed by atoms with Crippen LogP contribution in [-0.2, 0) is 6.54 Å². The van der Waals surface area contributed by atoms with Gasteiger partial charge in [-0.2, -0.15) is 0 Å². The zero-order chi connectivity index (χ0) is 21.2. The van der Waals surface area contributed by atoms with Gasteiger partial charge in [0.05, 0.1) is 4.88 Å². The van der Waals surface area contributed by atoms with E-state index in [-0.39, 0.29) is 5.78 Å². The zero-order valence-corrected chi connectivity index (χ0v) is 18.5. The van der Waals surface area contributed by atoms with Crippen LogP contribution in [0.3, 0.4) is 0 Å². The largest absolute Gasteiger partial charge is 0.360 e. The molecule has 3 heterocycles. The van der Waals surface area contributed by atoms with Crippen LogP contribution in [0.2, 0.25) is 0 Å². The number of nitrogens with one attached hydrogen (secondary N) is 1. The first-order valence-electron chi connectivity index (χ1n) is 10.0. The fourth-order valence-corrected chi connectivity index (χ4v) is 5.56. The molecule has 5 rings (SSSR count). The molecule has 0 spiro atoms. The monoisotopic (exact) mass is 444 g/mol. The highest BCUT2D eigenvalue weighted by atomic mass is 32.2. The number of thioether (sulfide) groups is 1. The van der Waals surface area contributed by atoms with Gasteiger partial charge in [0.1, 0.15) is 5.25 Å². The topological polar surface area (TPSA) is 63.6 Å². The number of fused-ring (bicyclic) bond motifs is 1. The lowest BCUT2D eigenvalue weighted by Gasteiger charge is -2.16. The molecule has 154 valence electrons. The Balaban J connectivity index is 1.56. The molecule has 5 aromatic rings. The van der Waals surface area contributed by atoms with Crippen molar-refractivity contribution >= 4 is 39.8 Å². The van der Waals surface area contributed by atoms with Crippen LogP contribution < -0.4 is 0 Å². The number of Topliss-reactive ketones (excluding diaryl/α,β-unsaturated/α-hetero) is 1. The van der Waals surface area contributed by atoms with Gasteiger partial charge >= 0.3 is 0 Å². The minimum atomic E-state index is -0.425. The van der Waals surface area contributed by atoms with Crippen molar-refractivity contribution < 1.29 is 4.79 Å². The summed E-state index contributed by atoms with van der Waals surface area (Å²) in [5.74, 6) is 0.892. The molecule has 3 aromatic heterocycles. The standard InChI is InChI=1S/C24H20N4OS2/c1-2-28-23(20-13-8-14-30-20)26-27-24(28)31-22(16-9-4-3-5-10-16)21(29)18-15-25-19-12-7-6-11-17(18)19/h3-15,22,25H,2H2,1H3. The van der Waals surface area contributed by atoms with Gasteiger partial charge in [-0.1, -0.05) is 66.4 Å². The molecule has 0 aliphatic heterocycles. The Hall–Kier alpha value is -3.16. The number of aromatic nitrogens is 4. The maximum Gasteiger partial charge on any atom is 0.192 e. The molecule has 7 heteroatoms. The lowest BCUT2D eigenvalue weighted by atomic mass is 10.0. The van der Waals surface area contributed by atoms with Crippen LogP contribution in [0.1, 0.15) is 28.1 Å². The van der Waals surface area contributed by atoms with Gasteiger partial charge in [-0.15, -0.1) is 21.5 Å². The van der Waals surface area contributed by atoms with Crippen molar-refractivity contribution in [2.24, 2.45) is 0 Å². The van der Waals surface area contributed by atoms with E-state index < -0.39 is 5.25 Å². The van der Waals surface area contributed by atoms with E-state index >= 15 is 0 Å². The third-order valence-corrected chi connectivity index (χ3v) is 7.29. The number of rotatable bonds is 7. The number of thiophene rings is 1. The molecule has 0 radical (unpaired) electrons. The number of hydrogen-bond acceptors (Lipinski definition) is 5. The molecule has 2 aromatic carbocycles. The summed E-state index contributed by atoms with van der Waals surface area (Å²) in [6.07, 6.45) is 1.81. The molecular weight excluding hydrogens is 424 g/mol. The molecule has 0 saturated carbocycles. The summed E-state index contributed by atoms with van der Waals surface area (Å²) in [5, 5.41) is 12.2. The van der Waals surface area contributed by atoms with Crippen LogP contribution in [0.4, 0.5) is 0 Å². The van der Waals surface area contributed by atoms with Gasteiger partial charge in [0, 0.05) is 29.2 Å². The minimum Gasteiger partial charge on any atom is -0.360 e. The van der Waals surface area contributed by atoms with Crippen molar-refractivity contribution in [1.29, 1.82) is 0 Å². The van der Waals surface area contributed by atoms with E-state index in [0.29, 0.717) is 5.56 Å². The van der Waals surface area contributed by atoms with Gasteiger partial charge in [0.25, 0.3) is 0 Å². The van der Waals surface area contributed by atoms with E-state index in [4.69, 9.17) is 0 Å². The van der Waals surface area contributed by atoms with E-state index in [1.165, 1.54) is 11.8 Å². The SMILES string of the molecule is CCn1c(SC(C(=O)c2c[nH]c3ccccc23)c2ccccc2)nnc1-c1cccs1. The van der Waals surface area contributed by atoms with Gasteiger partial charge in [-0.3, -0.25) is 4.79 Å². The van der Waals surface area contributed by atoms with E-state index in [1.54, 1.807) is 11.3 Å². The molecule has 0 amide bonds. The first-order valence-corrected chi connectivity index (χ1v) is 11.8. The number of benzene rings is 2. The molecule has 1 unspecified atom stereocenters. The molecule has 0 saturated heterocycles. The molecule has 0 fully saturated rings. The highest BCUT2D eigenvalue weighted by Crippen LogP contribution is 2.39. The molecule has 0 bridgehead atoms. The molecule has 0 aliphatic rings. The summed E-state index contributed by atoms with van der Waals surface area (Å²) < 4.78 is 2.08. The van der Waals surface area contributed by atoms with Crippen LogP contribution >= 0.6 is 23.1 Å². The molecule has 31 heavy (non-hydrogen) atoms. The van der Waals surface area contributed by atoms with Gasteiger partial charge in [0.2, 0.25) is 0 Å². The van der Waals surface area contributed by atoms with Gasteiger partial charge in [-0.25, -0.2) is 0 Å². The summed E-state index contributed by atoms with van der Waals surface area (Å²) in [7, 11) is 0. The van der Waals surface area contributed by atoms with Crippen molar-refractivity contribution in [2.45, 2.75) is 23.9 Å². The average Bonchev–Trinajstić information content (AvgIpc) is 3.56. The maximum atomic E-state index is 13.8. The highest BCUT2D eigenvalue weighted by molar-refractivity contribution is 8.00. The highest BCUT2D eigenvalue weighted by Gasteiger charge is 2.28. The Morgan fingerprint density at radius 2 is 1.87 bits per heavy atom. The summed E-state index contributed by atoms with van der Waals surface area (Å²) in [5.41, 5.74) is 2.60. The summed E-state index contributed by atoms with van der Waals surface area (Å²) in [6.45, 7) is 2.80. The lowest BCUT2D eigenvalue weighted by Crippen LogP contribution is -2.11. The van der Waals surface area contributed by atoms with Crippen molar-refractivity contribution in [2.75, 3.05) is 0 Å². The van der Waals surface area contributed by atoms with Gasteiger partial charge < -0.3 is 9.55 Å². The maximum absolute atomic E-state index is 13.8. The summed E-state index contributed by atoms with van der Waals surface area (Å²) in [4.78, 5) is 18.1. The average molecular weight is 445 g/mol. The number of para-hydroxylation sites is 1. The Morgan fingerprint density at radius 3 is 2.65 bits per heavy atom. The summed E-state index contributed by atoms with van der Waals surface area (Å²) in [6, 6.07) is 21.8. The fraction of sp³-hybridized carbons (Fsp3) is 0.125. The number of ketones is 1. The van der Waals surface area contributed by atoms with E-state index in [2.05, 4.69) is 26.7 Å². The number of H-pyrrole nitrogens is 1. The summed E-state index contributed by atoms with van der Waals surface area (Å²) >= 11 is 3.09. The van der Waals surface area contributed by atoms with Gasteiger partial charge in [0.15, 0.2) is 16.8 Å². The predicted molar refractivity (Wildman–Crippen MR) is 127 cm³/mol. The van der Waals surface area contributed by atoms with Crippen LogP contribution in [0.15, 0.2) is 83.5 Å². The zero-order valence-electron chi connectivity index (χ0n) is 16.9. The molecular formula is C24H20N4OS2. The minimum absolute atomic E-state index is 0.0528. The van der Waals surface area contributed by atoms with Crippen LogP contribution in [0.5, 0.6) is 0 Å². The number of hydrogen-bond donors (Lipinski definition) is 1. The van der Waals surface area contributed by atoms with Crippen molar-refractivity contribution in [1.82, 2.24) is 19.7 Å². The molecule has 0 aliphatic carbocycles. The molecule has 1 N–H and O–H groups in total. The number of aromatic amines is 1. The lowest BCUT2D eigenvalue weighted by molar-refractivity contribution is 0.0991. The van der Waals surface area contributed by atoms with E-state index in [1.807, 2.05) is 78.3 Å². The van der Waals surface area contributed by atoms with Crippen molar-refractivity contribution in [3.63, 3.8) is 0 Å². The fourth-order valence-electron chi connectivity index (χ4n) is 3.67. The quantitative estimate of drug-likeness (QED) is 0.239. The third-order valence-electron chi connectivity index (χ3n) is 5.19. The molecule has 1 atom stereocenters. The Labute approximate surface area is 188 Å². The second kappa shape index (κ2) is 8.53. The Kier molecular flexibility index (Phi) is 5.44. The van der Waals surface area contributed by atoms with Gasteiger partial charge in [-0.05, 0) is 30.0 Å². The second-order valence-electron chi connectivity index (χ2n) is 7.05. The van der Waals surface area contributed by atoms with E-state index in [0.717, 1.165) is 38.9 Å². The molecule has 5 nitrogen and oxygen atoms in total. The Bertz CT molecular complexity index is 1320. The van der Waals surface area contributed by atoms with E-state index in [9.17, 15) is 4.79 Å². The number of carbonyl (C=O) groups excluding carboxylic acids is 1. The number of carbonyl (C=O) groups is 1.